The molecule has 1 nitrogen and oxygen atoms in total. The lowest BCUT2D eigenvalue weighted by atomic mass is 9.84. The summed E-state index contributed by atoms with van der Waals surface area (Å²) in [5.74, 6) is 0.698. The smallest absolute Gasteiger partial charge is 0.150 e. The Labute approximate surface area is 85.1 Å². The molecule has 0 unspecified atom stereocenters. The highest BCUT2D eigenvalue weighted by Crippen LogP contribution is 2.32. The van der Waals surface area contributed by atoms with E-state index in [-0.39, 0.29) is 0 Å². The van der Waals surface area contributed by atoms with Crippen molar-refractivity contribution in [3.8, 4) is 0 Å². The number of benzene rings is 1. The first-order valence-electron chi connectivity index (χ1n) is 5.45. The van der Waals surface area contributed by atoms with Crippen molar-refractivity contribution in [1.82, 2.24) is 0 Å². The normalized spacial score (nSPS) is 18.0. The summed E-state index contributed by atoms with van der Waals surface area (Å²) in [6.07, 6.45) is 7.59. The van der Waals surface area contributed by atoms with E-state index in [9.17, 15) is 4.79 Å². The zero-order valence-electron chi connectivity index (χ0n) is 8.41. The van der Waals surface area contributed by atoms with Crippen LogP contribution < -0.4 is 0 Å². The van der Waals surface area contributed by atoms with Crippen LogP contribution in [0.25, 0.3) is 0 Å². The predicted octanol–water partition coefficient (Wildman–Crippen LogP) is 3.55. The van der Waals surface area contributed by atoms with Gasteiger partial charge in [-0.2, -0.15) is 0 Å². The van der Waals surface area contributed by atoms with Crippen molar-refractivity contribution in [3.05, 3.63) is 35.4 Å². The lowest BCUT2D eigenvalue weighted by Crippen LogP contribution is -2.04. The minimum Gasteiger partial charge on any atom is -0.298 e. The molecule has 1 aliphatic rings. The Balaban J connectivity index is 2.17. The van der Waals surface area contributed by atoms with E-state index in [0.29, 0.717) is 5.92 Å². The lowest BCUT2D eigenvalue weighted by Gasteiger charge is -2.21. The summed E-state index contributed by atoms with van der Waals surface area (Å²) in [6.45, 7) is 0. The Morgan fingerprint density at radius 1 is 1.14 bits per heavy atom. The Hall–Kier alpha value is -1.11. The van der Waals surface area contributed by atoms with Crippen molar-refractivity contribution in [2.45, 2.75) is 38.0 Å². The van der Waals surface area contributed by atoms with Gasteiger partial charge in [-0.15, -0.1) is 0 Å². The molecule has 0 N–H and O–H groups in total. The molecule has 1 aliphatic carbocycles. The van der Waals surface area contributed by atoms with Gasteiger partial charge in [0.25, 0.3) is 0 Å². The maximum absolute atomic E-state index is 10.6. The average molecular weight is 188 g/mol. The van der Waals surface area contributed by atoms with E-state index in [1.165, 1.54) is 37.7 Å². The molecule has 0 heterocycles. The number of carbonyl (C=O) groups is 1. The standard InChI is InChI=1S/C13H16O/c14-10-11-5-4-8-13(9-11)12-6-2-1-3-7-12/h4-5,8-10,12H,1-3,6-7H2. The first kappa shape index (κ1) is 9.45. The molecule has 0 bridgehead atoms. The molecule has 0 aromatic heterocycles. The van der Waals surface area contributed by atoms with Crippen LogP contribution in [0.4, 0.5) is 0 Å². The number of rotatable bonds is 2. The van der Waals surface area contributed by atoms with Gasteiger partial charge in [0.05, 0.1) is 0 Å². The first-order chi connectivity index (χ1) is 6.90. The summed E-state index contributed by atoms with van der Waals surface area (Å²) in [5, 5.41) is 0. The quantitative estimate of drug-likeness (QED) is 0.649. The van der Waals surface area contributed by atoms with E-state index in [2.05, 4.69) is 6.07 Å². The molecular formula is C13H16O. The molecular weight excluding hydrogens is 172 g/mol. The van der Waals surface area contributed by atoms with Gasteiger partial charge >= 0.3 is 0 Å². The third kappa shape index (κ3) is 2.03. The van der Waals surface area contributed by atoms with Gasteiger partial charge in [0.1, 0.15) is 6.29 Å². The average Bonchev–Trinajstić information content (AvgIpc) is 2.30. The number of aldehydes is 1. The fourth-order valence-corrected chi connectivity index (χ4v) is 2.32. The Morgan fingerprint density at radius 2 is 1.93 bits per heavy atom. The Morgan fingerprint density at radius 3 is 2.64 bits per heavy atom. The Bertz CT molecular complexity index is 311. The van der Waals surface area contributed by atoms with Crippen LogP contribution >= 0.6 is 0 Å². The zero-order valence-corrected chi connectivity index (χ0v) is 8.41. The van der Waals surface area contributed by atoms with Crippen LogP contribution in [0, 0.1) is 0 Å². The van der Waals surface area contributed by atoms with Gasteiger partial charge < -0.3 is 0 Å². The monoisotopic (exact) mass is 188 g/mol. The van der Waals surface area contributed by atoms with Crippen LogP contribution in [-0.2, 0) is 0 Å². The van der Waals surface area contributed by atoms with Gasteiger partial charge in [-0.25, -0.2) is 0 Å². The molecule has 0 amide bonds. The second-order valence-corrected chi connectivity index (χ2v) is 4.12. The topological polar surface area (TPSA) is 17.1 Å². The van der Waals surface area contributed by atoms with Crippen LogP contribution in [0.5, 0.6) is 0 Å². The summed E-state index contributed by atoms with van der Waals surface area (Å²) in [6, 6.07) is 8.07. The van der Waals surface area contributed by atoms with Crippen molar-refractivity contribution in [2.75, 3.05) is 0 Å². The predicted molar refractivity (Wildman–Crippen MR) is 57.7 cm³/mol. The zero-order chi connectivity index (χ0) is 9.80. The molecule has 1 fully saturated rings. The van der Waals surface area contributed by atoms with E-state index >= 15 is 0 Å². The van der Waals surface area contributed by atoms with Gasteiger partial charge in [-0.05, 0) is 30.4 Å². The van der Waals surface area contributed by atoms with Gasteiger partial charge in [0.2, 0.25) is 0 Å². The maximum Gasteiger partial charge on any atom is 0.150 e. The molecule has 0 radical (unpaired) electrons. The summed E-state index contributed by atoms with van der Waals surface area (Å²) in [5.41, 5.74) is 2.17. The summed E-state index contributed by atoms with van der Waals surface area (Å²) < 4.78 is 0. The van der Waals surface area contributed by atoms with E-state index in [1.54, 1.807) is 0 Å². The van der Waals surface area contributed by atoms with Crippen molar-refractivity contribution in [1.29, 1.82) is 0 Å². The number of hydrogen-bond donors (Lipinski definition) is 0. The highest BCUT2D eigenvalue weighted by atomic mass is 16.1. The summed E-state index contributed by atoms with van der Waals surface area (Å²) in [7, 11) is 0. The number of carbonyl (C=O) groups excluding carboxylic acids is 1. The van der Waals surface area contributed by atoms with Gasteiger partial charge in [0, 0.05) is 5.56 Å². The molecule has 0 atom stereocenters. The van der Waals surface area contributed by atoms with Gasteiger partial charge in [-0.1, -0.05) is 37.5 Å². The van der Waals surface area contributed by atoms with Crippen LogP contribution in [0.1, 0.15) is 53.9 Å². The maximum atomic E-state index is 10.6. The third-order valence-corrected chi connectivity index (χ3v) is 3.12. The minimum atomic E-state index is 0.698. The van der Waals surface area contributed by atoms with Crippen LogP contribution in [-0.4, -0.2) is 6.29 Å². The second-order valence-electron chi connectivity index (χ2n) is 4.12. The van der Waals surface area contributed by atoms with Crippen LogP contribution in [0.3, 0.4) is 0 Å². The molecule has 1 aromatic carbocycles. The van der Waals surface area contributed by atoms with Crippen LogP contribution in [0.15, 0.2) is 24.3 Å². The molecule has 0 saturated heterocycles. The van der Waals surface area contributed by atoms with Crippen LogP contribution in [0.2, 0.25) is 0 Å². The molecule has 14 heavy (non-hydrogen) atoms. The van der Waals surface area contributed by atoms with Crippen molar-refractivity contribution < 1.29 is 4.79 Å². The summed E-state index contributed by atoms with van der Waals surface area (Å²) in [4.78, 5) is 10.6. The van der Waals surface area contributed by atoms with E-state index in [1.807, 2.05) is 18.2 Å². The van der Waals surface area contributed by atoms with E-state index < -0.39 is 0 Å². The molecule has 0 aliphatic heterocycles. The lowest BCUT2D eigenvalue weighted by molar-refractivity contribution is 0.112. The minimum absolute atomic E-state index is 0.698. The largest absolute Gasteiger partial charge is 0.298 e. The highest BCUT2D eigenvalue weighted by Gasteiger charge is 2.15. The molecule has 2 rings (SSSR count). The second kappa shape index (κ2) is 4.41. The first-order valence-corrected chi connectivity index (χ1v) is 5.45. The third-order valence-electron chi connectivity index (χ3n) is 3.12. The number of hydrogen-bond acceptors (Lipinski definition) is 1. The fraction of sp³-hybridized carbons (Fsp3) is 0.462. The van der Waals surface area contributed by atoms with Crippen molar-refractivity contribution >= 4 is 6.29 Å². The molecule has 1 heteroatoms. The van der Waals surface area contributed by atoms with Gasteiger partial charge in [-0.3, -0.25) is 4.79 Å². The molecule has 1 saturated carbocycles. The SMILES string of the molecule is O=Cc1cccc(C2CCCCC2)c1. The van der Waals surface area contributed by atoms with E-state index in [4.69, 9.17) is 0 Å². The van der Waals surface area contributed by atoms with Crippen molar-refractivity contribution in [2.24, 2.45) is 0 Å². The molecule has 0 spiro atoms. The van der Waals surface area contributed by atoms with Gasteiger partial charge in [0.15, 0.2) is 0 Å². The highest BCUT2D eigenvalue weighted by molar-refractivity contribution is 5.75. The summed E-state index contributed by atoms with van der Waals surface area (Å²) >= 11 is 0. The molecule has 74 valence electrons. The van der Waals surface area contributed by atoms with Crippen molar-refractivity contribution in [3.63, 3.8) is 0 Å². The van der Waals surface area contributed by atoms with E-state index in [0.717, 1.165) is 11.8 Å². The Kier molecular flexibility index (Phi) is 2.97. The molecule has 1 aromatic rings. The fourth-order valence-electron chi connectivity index (χ4n) is 2.32.